The summed E-state index contributed by atoms with van der Waals surface area (Å²) < 4.78 is 2.09. The number of aromatic nitrogens is 3. The molecule has 5 heteroatoms. The molecule has 0 spiro atoms. The number of aliphatic hydroxyl groups excluding tert-OH is 1. The third-order valence-corrected chi connectivity index (χ3v) is 4.78. The summed E-state index contributed by atoms with van der Waals surface area (Å²) in [5.74, 6) is 1.65. The van der Waals surface area contributed by atoms with Crippen LogP contribution in [0.15, 0.2) is 53.7 Å². The number of aliphatic hydroxyl groups is 1. The molecule has 3 aromatic rings. The Bertz CT molecular complexity index is 794. The Hall–Kier alpha value is -2.11. The van der Waals surface area contributed by atoms with Gasteiger partial charge >= 0.3 is 0 Å². The second-order valence-corrected chi connectivity index (χ2v) is 6.83. The van der Waals surface area contributed by atoms with E-state index in [1.807, 2.05) is 0 Å². The molecule has 3 rings (SSSR count). The van der Waals surface area contributed by atoms with E-state index in [1.54, 1.807) is 11.8 Å². The fourth-order valence-electron chi connectivity index (χ4n) is 2.41. The van der Waals surface area contributed by atoms with Gasteiger partial charge < -0.3 is 5.11 Å². The van der Waals surface area contributed by atoms with Gasteiger partial charge in [0.25, 0.3) is 0 Å². The Morgan fingerprint density at radius 3 is 2.17 bits per heavy atom. The second kappa shape index (κ2) is 7.64. The molecular weight excluding hydrogens is 318 g/mol. The zero-order chi connectivity index (χ0) is 16.9. The molecule has 0 aliphatic carbocycles. The largest absolute Gasteiger partial charge is 0.396 e. The van der Waals surface area contributed by atoms with Gasteiger partial charge in [-0.25, -0.2) is 0 Å². The minimum Gasteiger partial charge on any atom is -0.396 e. The molecule has 0 fully saturated rings. The van der Waals surface area contributed by atoms with Gasteiger partial charge in [-0.15, -0.1) is 10.2 Å². The molecule has 24 heavy (non-hydrogen) atoms. The molecule has 0 radical (unpaired) electrons. The van der Waals surface area contributed by atoms with E-state index in [1.165, 1.54) is 11.1 Å². The van der Waals surface area contributed by atoms with Gasteiger partial charge in [-0.3, -0.25) is 4.57 Å². The summed E-state index contributed by atoms with van der Waals surface area (Å²) in [6.45, 7) is 4.34. The van der Waals surface area contributed by atoms with Crippen LogP contribution >= 0.6 is 11.8 Å². The minimum absolute atomic E-state index is 0.191. The molecule has 0 unspecified atom stereocenters. The van der Waals surface area contributed by atoms with Crippen molar-refractivity contribution in [2.45, 2.75) is 25.4 Å². The van der Waals surface area contributed by atoms with Gasteiger partial charge in [0.1, 0.15) is 0 Å². The van der Waals surface area contributed by atoms with Gasteiger partial charge in [0.15, 0.2) is 11.0 Å². The summed E-state index contributed by atoms with van der Waals surface area (Å²) in [5.41, 5.74) is 4.53. The normalized spacial score (nSPS) is 11.0. The van der Waals surface area contributed by atoms with Crippen molar-refractivity contribution in [3.05, 3.63) is 59.7 Å². The lowest BCUT2D eigenvalue weighted by Gasteiger charge is -2.11. The zero-order valence-corrected chi connectivity index (χ0v) is 14.8. The third-order valence-electron chi connectivity index (χ3n) is 3.77. The average Bonchev–Trinajstić information content (AvgIpc) is 3.00. The molecule has 4 nitrogen and oxygen atoms in total. The highest BCUT2D eigenvalue weighted by Crippen LogP contribution is 2.28. The second-order valence-electron chi connectivity index (χ2n) is 5.77. The van der Waals surface area contributed by atoms with E-state index in [0.717, 1.165) is 34.4 Å². The van der Waals surface area contributed by atoms with Gasteiger partial charge in [-0.05, 0) is 32.4 Å². The van der Waals surface area contributed by atoms with Crippen LogP contribution < -0.4 is 0 Å². The van der Waals surface area contributed by atoms with Gasteiger partial charge in [-0.2, -0.15) is 0 Å². The fourth-order valence-corrected chi connectivity index (χ4v) is 3.28. The van der Waals surface area contributed by atoms with Gasteiger partial charge in [0.05, 0.1) is 0 Å². The Balaban J connectivity index is 2.05. The summed E-state index contributed by atoms with van der Waals surface area (Å²) >= 11 is 1.62. The van der Waals surface area contributed by atoms with Crippen molar-refractivity contribution in [2.75, 3.05) is 12.4 Å². The van der Waals surface area contributed by atoms with E-state index < -0.39 is 0 Å². The lowest BCUT2D eigenvalue weighted by atomic mass is 10.1. The molecule has 0 aliphatic rings. The molecular formula is C19H21N3OS. The standard InChI is InChI=1S/C19H21N3OS/c1-14-4-8-16(9-5-14)18-20-21-19(24-13-3-12-23)22(18)17-10-6-15(2)7-11-17/h4-11,23H,3,12-13H2,1-2H3. The van der Waals surface area contributed by atoms with Crippen molar-refractivity contribution in [1.29, 1.82) is 0 Å². The van der Waals surface area contributed by atoms with Crippen LogP contribution in [0, 0.1) is 13.8 Å². The first-order valence-corrected chi connectivity index (χ1v) is 9.01. The summed E-state index contributed by atoms with van der Waals surface area (Å²) in [7, 11) is 0. The molecule has 0 bridgehead atoms. The molecule has 124 valence electrons. The van der Waals surface area contributed by atoms with E-state index in [-0.39, 0.29) is 6.61 Å². The van der Waals surface area contributed by atoms with Gasteiger partial charge in [0.2, 0.25) is 0 Å². The predicted octanol–water partition coefficient (Wildman–Crippen LogP) is 4.03. The van der Waals surface area contributed by atoms with Gasteiger partial charge in [0, 0.05) is 23.6 Å². The number of hydrogen-bond acceptors (Lipinski definition) is 4. The van der Waals surface area contributed by atoms with Crippen LogP contribution in [0.25, 0.3) is 17.1 Å². The highest BCUT2D eigenvalue weighted by atomic mass is 32.2. The number of rotatable bonds is 6. The number of hydrogen-bond donors (Lipinski definition) is 1. The number of benzene rings is 2. The Morgan fingerprint density at radius 1 is 0.917 bits per heavy atom. The van der Waals surface area contributed by atoms with Crippen LogP contribution in [-0.4, -0.2) is 32.2 Å². The molecule has 1 N–H and O–H groups in total. The van der Waals surface area contributed by atoms with Crippen LogP contribution in [0.5, 0.6) is 0 Å². The molecule has 0 atom stereocenters. The SMILES string of the molecule is Cc1ccc(-c2nnc(SCCCO)n2-c2ccc(C)cc2)cc1. The van der Waals surface area contributed by atoms with Crippen LogP contribution in [0.3, 0.4) is 0 Å². The van der Waals surface area contributed by atoms with Crippen molar-refractivity contribution in [2.24, 2.45) is 0 Å². The van der Waals surface area contributed by atoms with Gasteiger partial charge in [-0.1, -0.05) is 59.3 Å². The summed E-state index contributed by atoms with van der Waals surface area (Å²) in [5, 5.41) is 18.7. The number of nitrogens with zero attached hydrogens (tertiary/aromatic N) is 3. The summed E-state index contributed by atoms with van der Waals surface area (Å²) in [4.78, 5) is 0. The fraction of sp³-hybridized carbons (Fsp3) is 0.263. The predicted molar refractivity (Wildman–Crippen MR) is 98.7 cm³/mol. The summed E-state index contributed by atoms with van der Waals surface area (Å²) in [6, 6.07) is 16.7. The maximum absolute atomic E-state index is 9.01. The highest BCUT2D eigenvalue weighted by molar-refractivity contribution is 7.99. The lowest BCUT2D eigenvalue weighted by Crippen LogP contribution is -2.00. The molecule has 0 saturated heterocycles. The Morgan fingerprint density at radius 2 is 1.54 bits per heavy atom. The third kappa shape index (κ3) is 3.68. The molecule has 0 aliphatic heterocycles. The van der Waals surface area contributed by atoms with E-state index >= 15 is 0 Å². The van der Waals surface area contributed by atoms with E-state index in [0.29, 0.717) is 0 Å². The Labute approximate surface area is 146 Å². The van der Waals surface area contributed by atoms with E-state index in [4.69, 9.17) is 5.11 Å². The zero-order valence-electron chi connectivity index (χ0n) is 13.9. The highest BCUT2D eigenvalue weighted by Gasteiger charge is 2.15. The smallest absolute Gasteiger partial charge is 0.196 e. The van der Waals surface area contributed by atoms with Crippen LogP contribution in [-0.2, 0) is 0 Å². The summed E-state index contributed by atoms with van der Waals surface area (Å²) in [6.07, 6.45) is 0.741. The van der Waals surface area contributed by atoms with E-state index in [2.05, 4.69) is 77.1 Å². The molecule has 0 amide bonds. The average molecular weight is 339 g/mol. The van der Waals surface area contributed by atoms with Crippen molar-refractivity contribution >= 4 is 11.8 Å². The Kier molecular flexibility index (Phi) is 5.33. The van der Waals surface area contributed by atoms with Crippen LogP contribution in [0.2, 0.25) is 0 Å². The number of thioether (sulfide) groups is 1. The quantitative estimate of drug-likeness (QED) is 0.544. The van der Waals surface area contributed by atoms with Crippen LogP contribution in [0.1, 0.15) is 17.5 Å². The maximum Gasteiger partial charge on any atom is 0.196 e. The molecule has 1 aromatic heterocycles. The lowest BCUT2D eigenvalue weighted by molar-refractivity contribution is 0.296. The van der Waals surface area contributed by atoms with E-state index in [9.17, 15) is 0 Å². The first-order valence-electron chi connectivity index (χ1n) is 8.02. The first kappa shape index (κ1) is 16.7. The number of aryl methyl sites for hydroxylation is 2. The first-order chi connectivity index (χ1) is 11.7. The van der Waals surface area contributed by atoms with Crippen molar-refractivity contribution < 1.29 is 5.11 Å². The van der Waals surface area contributed by atoms with Crippen molar-refractivity contribution in [3.63, 3.8) is 0 Å². The minimum atomic E-state index is 0.191. The topological polar surface area (TPSA) is 50.9 Å². The van der Waals surface area contributed by atoms with Crippen molar-refractivity contribution in [1.82, 2.24) is 14.8 Å². The maximum atomic E-state index is 9.01. The molecule has 2 aromatic carbocycles. The van der Waals surface area contributed by atoms with Crippen LogP contribution in [0.4, 0.5) is 0 Å². The molecule has 1 heterocycles. The van der Waals surface area contributed by atoms with Crippen molar-refractivity contribution in [3.8, 4) is 17.1 Å². The monoisotopic (exact) mass is 339 g/mol. The molecule has 0 saturated carbocycles.